The van der Waals surface area contributed by atoms with Crippen LogP contribution in [-0.2, 0) is 9.53 Å². The van der Waals surface area contributed by atoms with Crippen LogP contribution in [0.25, 0.3) is 0 Å². The molecule has 0 radical (unpaired) electrons. The maximum atomic E-state index is 12.5. The number of carbonyl (C=O) groups excluding carboxylic acids is 2. The molecule has 1 aliphatic rings. The molecule has 3 N–H and O–H groups in total. The van der Waals surface area contributed by atoms with Gasteiger partial charge in [0.2, 0.25) is 0 Å². The van der Waals surface area contributed by atoms with Crippen LogP contribution in [0.5, 0.6) is 11.5 Å². The van der Waals surface area contributed by atoms with Crippen molar-refractivity contribution in [3.05, 3.63) is 59.3 Å². The summed E-state index contributed by atoms with van der Waals surface area (Å²) in [6.45, 7) is 4.44. The number of amides is 2. The van der Waals surface area contributed by atoms with Crippen molar-refractivity contribution < 1.29 is 23.8 Å². The van der Waals surface area contributed by atoms with Gasteiger partial charge in [-0.2, -0.15) is 0 Å². The maximum Gasteiger partial charge on any atom is 0.337 e. The highest BCUT2D eigenvalue weighted by Gasteiger charge is 2.33. The lowest BCUT2D eigenvalue weighted by molar-refractivity contribution is -0.136. The Bertz CT molecular complexity index is 1120. The van der Waals surface area contributed by atoms with Crippen molar-refractivity contribution in [1.82, 2.24) is 10.2 Å². The Morgan fingerprint density at radius 2 is 1.76 bits per heavy atom. The van der Waals surface area contributed by atoms with Gasteiger partial charge in [-0.3, -0.25) is 0 Å². The summed E-state index contributed by atoms with van der Waals surface area (Å²) in [6.07, 6.45) is 0. The van der Waals surface area contributed by atoms with Crippen LogP contribution in [0.4, 0.5) is 16.2 Å². The SMILES string of the molecule is CCN1C(=S)N[C@@H](c2ccc(NC(=O)Nc3ccc(OC)cc3OC)cc2)C(C(=O)OC)=C1C. The van der Waals surface area contributed by atoms with Crippen molar-refractivity contribution in [1.29, 1.82) is 0 Å². The Kier molecular flexibility index (Phi) is 7.95. The average molecular weight is 485 g/mol. The van der Waals surface area contributed by atoms with Crippen molar-refractivity contribution in [2.75, 3.05) is 38.5 Å². The number of rotatable bonds is 7. The number of hydrogen-bond donors (Lipinski definition) is 3. The molecule has 0 unspecified atom stereocenters. The molecule has 3 rings (SSSR count). The molecule has 34 heavy (non-hydrogen) atoms. The van der Waals surface area contributed by atoms with Gasteiger partial charge in [0.1, 0.15) is 11.5 Å². The zero-order valence-corrected chi connectivity index (χ0v) is 20.5. The maximum absolute atomic E-state index is 12.5. The van der Waals surface area contributed by atoms with Crippen molar-refractivity contribution >= 4 is 40.7 Å². The summed E-state index contributed by atoms with van der Waals surface area (Å²) in [5.74, 6) is 0.667. The summed E-state index contributed by atoms with van der Waals surface area (Å²) in [6, 6.07) is 11.3. The van der Waals surface area contributed by atoms with E-state index in [-0.39, 0.29) is 0 Å². The standard InChI is InChI=1S/C24H28N4O5S/c1-6-28-14(2)20(22(29)33-5)21(27-24(28)34)15-7-9-16(10-8-15)25-23(30)26-18-12-11-17(31-3)13-19(18)32-4/h7-13,21H,6H2,1-5H3,(H,27,34)(H2,25,26,30)/t21-/m0/s1. The van der Waals surface area contributed by atoms with Gasteiger partial charge in [0.05, 0.1) is 38.6 Å². The third kappa shape index (κ3) is 5.23. The lowest BCUT2D eigenvalue weighted by atomic mass is 9.95. The minimum atomic E-state index is -0.464. The lowest BCUT2D eigenvalue weighted by Crippen LogP contribution is -2.47. The number of nitrogens with zero attached hydrogens (tertiary/aromatic N) is 1. The Balaban J connectivity index is 1.77. The van der Waals surface area contributed by atoms with Crippen LogP contribution in [0.15, 0.2) is 53.7 Å². The second kappa shape index (κ2) is 10.9. The molecule has 1 heterocycles. The highest BCUT2D eigenvalue weighted by Crippen LogP contribution is 2.32. The minimum absolute atomic E-state index is 0.425. The number of carbonyl (C=O) groups is 2. The van der Waals surface area contributed by atoms with Crippen LogP contribution < -0.4 is 25.4 Å². The second-order valence-electron chi connectivity index (χ2n) is 7.38. The highest BCUT2D eigenvalue weighted by molar-refractivity contribution is 7.80. The van der Waals surface area contributed by atoms with Gasteiger partial charge in [-0.25, -0.2) is 9.59 Å². The average Bonchev–Trinajstić information content (AvgIpc) is 2.84. The molecular formula is C24H28N4O5S. The predicted octanol–water partition coefficient (Wildman–Crippen LogP) is 4.05. The fourth-order valence-corrected chi connectivity index (χ4v) is 4.12. The highest BCUT2D eigenvalue weighted by atomic mass is 32.1. The molecule has 2 aromatic carbocycles. The Labute approximate surface area is 204 Å². The van der Waals surface area contributed by atoms with E-state index < -0.39 is 18.0 Å². The van der Waals surface area contributed by atoms with E-state index in [0.29, 0.717) is 40.1 Å². The molecule has 1 atom stereocenters. The summed E-state index contributed by atoms with van der Waals surface area (Å²) in [5, 5.41) is 9.30. The summed E-state index contributed by atoms with van der Waals surface area (Å²) in [5.41, 5.74) is 3.12. The molecule has 0 spiro atoms. The number of anilines is 2. The number of thiocarbonyl (C=S) groups is 1. The topological polar surface area (TPSA) is 101 Å². The number of esters is 1. The van der Waals surface area contributed by atoms with Gasteiger partial charge in [-0.05, 0) is 55.9 Å². The first-order valence-electron chi connectivity index (χ1n) is 10.6. The summed E-state index contributed by atoms with van der Waals surface area (Å²) < 4.78 is 15.5. The van der Waals surface area contributed by atoms with Crippen LogP contribution in [-0.4, -0.2) is 49.9 Å². The van der Waals surface area contributed by atoms with E-state index in [2.05, 4.69) is 16.0 Å². The molecule has 0 bridgehead atoms. The first-order valence-corrected chi connectivity index (χ1v) is 11.0. The van der Waals surface area contributed by atoms with Gasteiger partial charge in [0.15, 0.2) is 5.11 Å². The van der Waals surface area contributed by atoms with Crippen molar-refractivity contribution in [3.8, 4) is 11.5 Å². The van der Waals surface area contributed by atoms with Gasteiger partial charge in [0, 0.05) is 24.0 Å². The molecule has 1 aliphatic heterocycles. The van der Waals surface area contributed by atoms with Gasteiger partial charge >= 0.3 is 12.0 Å². The quantitative estimate of drug-likeness (QED) is 0.400. The zero-order valence-electron chi connectivity index (χ0n) is 19.7. The molecular weight excluding hydrogens is 456 g/mol. The zero-order chi connectivity index (χ0) is 24.8. The fourth-order valence-electron chi connectivity index (χ4n) is 3.73. The molecule has 0 saturated heterocycles. The molecule has 0 saturated carbocycles. The summed E-state index contributed by atoms with van der Waals surface area (Å²) in [4.78, 5) is 26.9. The molecule has 0 aromatic heterocycles. The monoisotopic (exact) mass is 484 g/mol. The normalized spacial score (nSPS) is 15.4. The van der Waals surface area contributed by atoms with E-state index in [1.165, 1.54) is 14.2 Å². The van der Waals surface area contributed by atoms with Crippen LogP contribution in [0.2, 0.25) is 0 Å². The number of hydrogen-bond acceptors (Lipinski definition) is 6. The van der Waals surface area contributed by atoms with Gasteiger partial charge < -0.3 is 35.1 Å². The molecule has 0 fully saturated rings. The number of urea groups is 1. The van der Waals surface area contributed by atoms with E-state index in [9.17, 15) is 9.59 Å². The fraction of sp³-hybridized carbons (Fsp3) is 0.292. The first kappa shape index (κ1) is 24.8. The van der Waals surface area contributed by atoms with Crippen molar-refractivity contribution in [2.24, 2.45) is 0 Å². The third-order valence-corrected chi connectivity index (χ3v) is 5.81. The number of ether oxygens (including phenoxy) is 3. The largest absolute Gasteiger partial charge is 0.497 e. The molecule has 0 aliphatic carbocycles. The Morgan fingerprint density at radius 3 is 2.35 bits per heavy atom. The van der Waals surface area contributed by atoms with Gasteiger partial charge in [0.25, 0.3) is 0 Å². The first-order chi connectivity index (χ1) is 16.3. The van der Waals surface area contributed by atoms with E-state index >= 15 is 0 Å². The van der Waals surface area contributed by atoms with E-state index in [1.54, 1.807) is 37.4 Å². The van der Waals surface area contributed by atoms with Gasteiger partial charge in [-0.1, -0.05) is 12.1 Å². The number of benzene rings is 2. The Morgan fingerprint density at radius 1 is 1.06 bits per heavy atom. The number of nitrogens with one attached hydrogen (secondary N) is 3. The minimum Gasteiger partial charge on any atom is -0.497 e. The molecule has 10 heteroatoms. The van der Waals surface area contributed by atoms with Gasteiger partial charge in [-0.15, -0.1) is 0 Å². The van der Waals surface area contributed by atoms with Crippen LogP contribution in [0.1, 0.15) is 25.5 Å². The summed E-state index contributed by atoms with van der Waals surface area (Å²) >= 11 is 5.48. The van der Waals surface area contributed by atoms with Crippen LogP contribution in [0.3, 0.4) is 0 Å². The predicted molar refractivity (Wildman–Crippen MR) is 134 cm³/mol. The van der Waals surface area contributed by atoms with E-state index in [0.717, 1.165) is 11.3 Å². The van der Waals surface area contributed by atoms with E-state index in [4.69, 9.17) is 26.4 Å². The van der Waals surface area contributed by atoms with E-state index in [1.807, 2.05) is 30.9 Å². The number of methoxy groups -OCH3 is 3. The smallest absolute Gasteiger partial charge is 0.337 e. The molecule has 180 valence electrons. The third-order valence-electron chi connectivity index (χ3n) is 5.48. The van der Waals surface area contributed by atoms with Crippen LogP contribution >= 0.6 is 12.2 Å². The lowest BCUT2D eigenvalue weighted by Gasteiger charge is -2.36. The second-order valence-corrected chi connectivity index (χ2v) is 7.77. The summed E-state index contributed by atoms with van der Waals surface area (Å²) in [7, 11) is 4.42. The van der Waals surface area contributed by atoms with Crippen molar-refractivity contribution in [2.45, 2.75) is 19.9 Å². The number of allylic oxidation sites excluding steroid dienone is 1. The molecule has 9 nitrogen and oxygen atoms in total. The Hall–Kier alpha value is -3.79. The van der Waals surface area contributed by atoms with Crippen LogP contribution in [0, 0.1) is 0 Å². The molecule has 2 amide bonds. The molecule has 2 aromatic rings. The van der Waals surface area contributed by atoms with Crippen molar-refractivity contribution in [3.63, 3.8) is 0 Å².